The summed E-state index contributed by atoms with van der Waals surface area (Å²) in [4.78, 5) is 24.6. The van der Waals surface area contributed by atoms with Crippen molar-refractivity contribution in [1.29, 1.82) is 0 Å². The molecule has 1 saturated heterocycles. The Morgan fingerprint density at radius 3 is 2.80 bits per heavy atom. The number of carbonyl (C=O) groups is 2. The predicted octanol–water partition coefficient (Wildman–Crippen LogP) is 1.96. The average Bonchev–Trinajstić information content (AvgIpc) is 2.51. The molecule has 1 aliphatic rings. The number of amides is 2. The Morgan fingerprint density at radius 1 is 1.40 bits per heavy atom. The van der Waals surface area contributed by atoms with Crippen molar-refractivity contribution in [3.63, 3.8) is 0 Å². The van der Waals surface area contributed by atoms with E-state index in [1.807, 2.05) is 0 Å². The summed E-state index contributed by atoms with van der Waals surface area (Å²) in [5, 5.41) is 2.45. The first kappa shape index (κ1) is 14.9. The van der Waals surface area contributed by atoms with E-state index >= 15 is 0 Å². The van der Waals surface area contributed by atoms with Crippen LogP contribution in [0.1, 0.15) is 18.9 Å². The Hall–Kier alpha value is -1.50. The molecule has 4 nitrogen and oxygen atoms in total. The Bertz CT molecular complexity index is 566. The number of nitrogens with zero attached hydrogens (tertiary/aromatic N) is 1. The van der Waals surface area contributed by atoms with E-state index in [4.69, 9.17) is 0 Å². The van der Waals surface area contributed by atoms with Crippen molar-refractivity contribution in [2.75, 3.05) is 6.54 Å². The molecule has 1 aliphatic heterocycles. The number of rotatable bonds is 2. The Labute approximate surface area is 123 Å². The molecule has 2 amide bonds. The van der Waals surface area contributed by atoms with Crippen LogP contribution in [0.5, 0.6) is 0 Å². The number of nitrogens with one attached hydrogen (secondary N) is 1. The van der Waals surface area contributed by atoms with Crippen molar-refractivity contribution in [3.05, 3.63) is 33.8 Å². The lowest BCUT2D eigenvalue weighted by Crippen LogP contribution is -2.39. The second-order valence-corrected chi connectivity index (χ2v) is 5.53. The van der Waals surface area contributed by atoms with Crippen LogP contribution in [0.25, 0.3) is 0 Å². The Morgan fingerprint density at radius 2 is 2.10 bits per heavy atom. The Kier molecular flexibility index (Phi) is 4.37. The van der Waals surface area contributed by atoms with Gasteiger partial charge in [-0.1, -0.05) is 0 Å². The molecule has 108 valence electrons. The van der Waals surface area contributed by atoms with Crippen molar-refractivity contribution < 1.29 is 18.4 Å². The average molecular weight is 347 g/mol. The number of hydrogen-bond acceptors (Lipinski definition) is 2. The number of halogens is 3. The van der Waals surface area contributed by atoms with E-state index in [-0.39, 0.29) is 41.4 Å². The van der Waals surface area contributed by atoms with Crippen molar-refractivity contribution in [2.45, 2.75) is 25.9 Å². The SMILES string of the molecule is CC1CC(=O)NCC(=O)N1Cc1c(F)ccc(Br)c1F. The van der Waals surface area contributed by atoms with Gasteiger partial charge in [-0.2, -0.15) is 0 Å². The van der Waals surface area contributed by atoms with Gasteiger partial charge >= 0.3 is 0 Å². The minimum absolute atomic E-state index is 0.114. The molecule has 1 fully saturated rings. The molecule has 1 aromatic carbocycles. The van der Waals surface area contributed by atoms with Gasteiger partial charge in [0.25, 0.3) is 0 Å². The first-order chi connectivity index (χ1) is 9.40. The fraction of sp³-hybridized carbons (Fsp3) is 0.385. The lowest BCUT2D eigenvalue weighted by atomic mass is 10.1. The van der Waals surface area contributed by atoms with E-state index in [0.717, 1.165) is 6.07 Å². The van der Waals surface area contributed by atoms with Crippen molar-refractivity contribution in [3.8, 4) is 0 Å². The monoisotopic (exact) mass is 346 g/mol. The lowest BCUT2D eigenvalue weighted by Gasteiger charge is -2.26. The highest BCUT2D eigenvalue weighted by Crippen LogP contribution is 2.24. The van der Waals surface area contributed by atoms with Crippen LogP contribution in [0.15, 0.2) is 16.6 Å². The van der Waals surface area contributed by atoms with Gasteiger partial charge in [0.15, 0.2) is 0 Å². The molecule has 0 aromatic heterocycles. The molecule has 2 rings (SSSR count). The highest BCUT2D eigenvalue weighted by molar-refractivity contribution is 9.10. The quantitative estimate of drug-likeness (QED) is 0.832. The highest BCUT2D eigenvalue weighted by atomic mass is 79.9. The molecule has 0 bridgehead atoms. The molecule has 0 radical (unpaired) electrons. The van der Waals surface area contributed by atoms with Gasteiger partial charge in [0.05, 0.1) is 17.6 Å². The van der Waals surface area contributed by atoms with E-state index in [9.17, 15) is 18.4 Å². The smallest absolute Gasteiger partial charge is 0.242 e. The number of benzene rings is 1. The summed E-state index contributed by atoms with van der Waals surface area (Å²) in [6, 6.07) is 1.99. The normalized spacial score (nSPS) is 19.8. The topological polar surface area (TPSA) is 49.4 Å². The second-order valence-electron chi connectivity index (χ2n) is 4.67. The molecule has 1 atom stereocenters. The van der Waals surface area contributed by atoms with Crippen LogP contribution in [-0.4, -0.2) is 29.3 Å². The zero-order valence-electron chi connectivity index (χ0n) is 10.8. The molecule has 20 heavy (non-hydrogen) atoms. The van der Waals surface area contributed by atoms with Crippen molar-refractivity contribution in [1.82, 2.24) is 10.2 Å². The van der Waals surface area contributed by atoms with Gasteiger partial charge in [0.1, 0.15) is 11.6 Å². The van der Waals surface area contributed by atoms with Crippen LogP contribution in [0.4, 0.5) is 8.78 Å². The maximum Gasteiger partial charge on any atom is 0.242 e. The van der Waals surface area contributed by atoms with Crippen LogP contribution in [0.3, 0.4) is 0 Å². The minimum atomic E-state index is -0.728. The summed E-state index contributed by atoms with van der Waals surface area (Å²) in [6.45, 7) is 1.32. The number of hydrogen-bond donors (Lipinski definition) is 1. The zero-order valence-corrected chi connectivity index (χ0v) is 12.3. The van der Waals surface area contributed by atoms with Gasteiger partial charge < -0.3 is 10.2 Å². The van der Waals surface area contributed by atoms with Gasteiger partial charge in [-0.15, -0.1) is 0 Å². The Balaban J connectivity index is 2.30. The highest BCUT2D eigenvalue weighted by Gasteiger charge is 2.28. The van der Waals surface area contributed by atoms with Crippen LogP contribution in [-0.2, 0) is 16.1 Å². The fourth-order valence-electron chi connectivity index (χ4n) is 2.10. The summed E-state index contributed by atoms with van der Waals surface area (Å²) in [5.74, 6) is -2.05. The third-order valence-corrected chi connectivity index (χ3v) is 3.85. The van der Waals surface area contributed by atoms with Crippen molar-refractivity contribution >= 4 is 27.7 Å². The first-order valence-corrected chi connectivity index (χ1v) is 6.88. The van der Waals surface area contributed by atoms with Gasteiger partial charge in [-0.25, -0.2) is 8.78 Å². The molecule has 1 unspecified atom stereocenters. The van der Waals surface area contributed by atoms with E-state index in [0.29, 0.717) is 0 Å². The van der Waals surface area contributed by atoms with Crippen molar-refractivity contribution in [2.24, 2.45) is 0 Å². The first-order valence-electron chi connectivity index (χ1n) is 6.08. The predicted molar refractivity (Wildman–Crippen MR) is 71.7 cm³/mol. The largest absolute Gasteiger partial charge is 0.347 e. The zero-order chi connectivity index (χ0) is 14.9. The summed E-state index contributed by atoms with van der Waals surface area (Å²) >= 11 is 2.99. The maximum absolute atomic E-state index is 13.9. The summed E-state index contributed by atoms with van der Waals surface area (Å²) in [7, 11) is 0. The molecular formula is C13H13BrF2N2O2. The lowest BCUT2D eigenvalue weighted by molar-refractivity contribution is -0.132. The third kappa shape index (κ3) is 2.98. The van der Waals surface area contributed by atoms with Crippen LogP contribution in [0.2, 0.25) is 0 Å². The molecule has 1 aromatic rings. The van der Waals surface area contributed by atoms with Gasteiger partial charge in [0, 0.05) is 18.0 Å². The summed E-state index contributed by atoms with van der Waals surface area (Å²) < 4.78 is 27.8. The van der Waals surface area contributed by atoms with Crippen LogP contribution in [0, 0.1) is 11.6 Å². The van der Waals surface area contributed by atoms with E-state index < -0.39 is 17.7 Å². The minimum Gasteiger partial charge on any atom is -0.347 e. The molecule has 0 spiro atoms. The standard InChI is InChI=1S/C13H13BrF2N2O2/c1-7-4-11(19)17-5-12(20)18(7)6-8-10(15)3-2-9(14)13(8)16/h2-3,7H,4-6H2,1H3,(H,17,19). The van der Waals surface area contributed by atoms with E-state index in [1.54, 1.807) is 6.92 Å². The van der Waals surface area contributed by atoms with Crippen LogP contribution >= 0.6 is 15.9 Å². The maximum atomic E-state index is 13.9. The summed E-state index contributed by atoms with van der Waals surface area (Å²) in [5.41, 5.74) is -0.186. The molecule has 1 heterocycles. The fourth-order valence-corrected chi connectivity index (χ4v) is 2.47. The molecule has 1 N–H and O–H groups in total. The third-order valence-electron chi connectivity index (χ3n) is 3.24. The molecule has 7 heteroatoms. The number of carbonyl (C=O) groups excluding carboxylic acids is 2. The van der Waals surface area contributed by atoms with Gasteiger partial charge in [-0.05, 0) is 35.0 Å². The van der Waals surface area contributed by atoms with Crippen LogP contribution < -0.4 is 5.32 Å². The molecule has 0 saturated carbocycles. The van der Waals surface area contributed by atoms with E-state index in [2.05, 4.69) is 21.2 Å². The summed E-state index contributed by atoms with van der Waals surface area (Å²) in [6.07, 6.45) is 0.114. The van der Waals surface area contributed by atoms with E-state index in [1.165, 1.54) is 11.0 Å². The second kappa shape index (κ2) is 5.87. The molecular weight excluding hydrogens is 334 g/mol. The molecule has 0 aliphatic carbocycles. The van der Waals surface area contributed by atoms with Gasteiger partial charge in [-0.3, -0.25) is 9.59 Å². The van der Waals surface area contributed by atoms with Gasteiger partial charge in [0.2, 0.25) is 11.8 Å².